The van der Waals surface area contributed by atoms with Crippen LogP contribution in [0, 0.1) is 29.1 Å². The molecule has 1 aromatic rings. The third-order valence-electron chi connectivity index (χ3n) is 2.08. The Bertz CT molecular complexity index is 449. The molecular weight excluding hydrogens is 261 g/mol. The van der Waals surface area contributed by atoms with Crippen molar-refractivity contribution in [2.24, 2.45) is 0 Å². The van der Waals surface area contributed by atoms with Crippen LogP contribution in [-0.2, 0) is 4.79 Å². The van der Waals surface area contributed by atoms with Gasteiger partial charge in [-0.15, -0.1) is 0 Å². The number of carbonyl (C=O) groups is 1. The molecule has 3 nitrogen and oxygen atoms in total. The smallest absolute Gasteiger partial charge is 0.303 e. The first-order valence-electron chi connectivity index (χ1n) is 4.83. The summed E-state index contributed by atoms with van der Waals surface area (Å²) in [5, 5.41) is 10.3. The van der Waals surface area contributed by atoms with Gasteiger partial charge in [0.15, 0.2) is 23.3 Å². The largest absolute Gasteiger partial charge is 0.481 e. The van der Waals surface area contributed by atoms with Crippen LogP contribution in [0.4, 0.5) is 27.6 Å². The van der Waals surface area contributed by atoms with Gasteiger partial charge in [0.1, 0.15) is 5.69 Å². The predicted molar refractivity (Wildman–Crippen MR) is 51.6 cm³/mol. The molecule has 1 rings (SSSR count). The van der Waals surface area contributed by atoms with Crippen LogP contribution < -0.4 is 5.32 Å². The molecule has 0 aliphatic carbocycles. The van der Waals surface area contributed by atoms with E-state index < -0.39 is 40.7 Å². The zero-order chi connectivity index (χ0) is 13.9. The van der Waals surface area contributed by atoms with Crippen LogP contribution in [0.1, 0.15) is 12.8 Å². The number of carboxylic acid groups (broad SMARTS) is 1. The third kappa shape index (κ3) is 2.88. The van der Waals surface area contributed by atoms with E-state index >= 15 is 0 Å². The van der Waals surface area contributed by atoms with Crippen LogP contribution in [0.15, 0.2) is 0 Å². The van der Waals surface area contributed by atoms with Gasteiger partial charge in [-0.05, 0) is 6.42 Å². The average molecular weight is 269 g/mol. The summed E-state index contributed by atoms with van der Waals surface area (Å²) in [6, 6.07) is 0. The van der Waals surface area contributed by atoms with E-state index in [9.17, 15) is 26.7 Å². The van der Waals surface area contributed by atoms with Gasteiger partial charge >= 0.3 is 5.97 Å². The van der Waals surface area contributed by atoms with E-state index in [1.165, 1.54) is 0 Å². The number of anilines is 1. The highest BCUT2D eigenvalue weighted by atomic mass is 19.2. The molecule has 0 radical (unpaired) electrons. The molecule has 0 atom stereocenters. The molecule has 0 unspecified atom stereocenters. The highest BCUT2D eigenvalue weighted by Gasteiger charge is 2.25. The lowest BCUT2D eigenvalue weighted by molar-refractivity contribution is -0.137. The molecule has 8 heteroatoms. The van der Waals surface area contributed by atoms with E-state index in [1.807, 2.05) is 5.32 Å². The van der Waals surface area contributed by atoms with E-state index in [0.717, 1.165) is 0 Å². The Kier molecular flexibility index (Phi) is 4.46. The molecular formula is C10H8F5NO2. The summed E-state index contributed by atoms with van der Waals surface area (Å²) in [5.74, 6) is -11.4. The Labute approximate surface area is 98.2 Å². The first kappa shape index (κ1) is 14.2. The maximum atomic E-state index is 13.1. The van der Waals surface area contributed by atoms with Crippen LogP contribution in [0.25, 0.3) is 0 Å². The van der Waals surface area contributed by atoms with Crippen molar-refractivity contribution < 1.29 is 31.9 Å². The molecule has 0 heterocycles. The fourth-order valence-electron chi connectivity index (χ4n) is 1.21. The molecule has 0 saturated heterocycles. The lowest BCUT2D eigenvalue weighted by Gasteiger charge is -2.10. The number of halogens is 5. The standard InChI is InChI=1S/C10H8F5NO2/c11-5-6(12)8(14)10(9(15)7(5)13)16-3-1-2-4(17)18/h16H,1-3H2,(H,17,18). The molecule has 0 bridgehead atoms. The van der Waals surface area contributed by atoms with Gasteiger partial charge in [-0.3, -0.25) is 4.79 Å². The van der Waals surface area contributed by atoms with Gasteiger partial charge in [0, 0.05) is 13.0 Å². The number of carboxylic acids is 1. The Hall–Kier alpha value is -1.86. The van der Waals surface area contributed by atoms with E-state index in [0.29, 0.717) is 0 Å². The Morgan fingerprint density at radius 1 is 0.944 bits per heavy atom. The maximum absolute atomic E-state index is 13.1. The van der Waals surface area contributed by atoms with Crippen LogP contribution in [0.3, 0.4) is 0 Å². The van der Waals surface area contributed by atoms with Gasteiger partial charge in [-0.2, -0.15) is 0 Å². The molecule has 0 amide bonds. The van der Waals surface area contributed by atoms with Crippen LogP contribution in [0.5, 0.6) is 0 Å². The molecule has 2 N–H and O–H groups in total. The number of hydrogen-bond donors (Lipinski definition) is 2. The molecule has 100 valence electrons. The van der Waals surface area contributed by atoms with Crippen molar-refractivity contribution in [1.82, 2.24) is 0 Å². The molecule has 0 fully saturated rings. The summed E-state index contributed by atoms with van der Waals surface area (Å²) in [6.45, 7) is -0.231. The zero-order valence-electron chi connectivity index (χ0n) is 8.87. The van der Waals surface area contributed by atoms with Crippen molar-refractivity contribution in [3.63, 3.8) is 0 Å². The lowest BCUT2D eigenvalue weighted by Crippen LogP contribution is -2.11. The second kappa shape index (κ2) is 5.65. The van der Waals surface area contributed by atoms with Crippen LogP contribution in [0.2, 0.25) is 0 Å². The third-order valence-corrected chi connectivity index (χ3v) is 2.08. The summed E-state index contributed by atoms with van der Waals surface area (Å²) >= 11 is 0. The first-order chi connectivity index (χ1) is 8.36. The number of rotatable bonds is 5. The molecule has 0 saturated carbocycles. The molecule has 0 aromatic heterocycles. The summed E-state index contributed by atoms with van der Waals surface area (Å²) in [6.07, 6.45) is -0.308. The number of hydrogen-bond acceptors (Lipinski definition) is 2. The van der Waals surface area contributed by atoms with Crippen LogP contribution >= 0.6 is 0 Å². The van der Waals surface area contributed by atoms with Gasteiger partial charge in [0.05, 0.1) is 0 Å². The minimum absolute atomic E-state index is 0.0190. The van der Waals surface area contributed by atoms with Crippen molar-refractivity contribution in [3.05, 3.63) is 29.1 Å². The first-order valence-corrected chi connectivity index (χ1v) is 4.83. The van der Waals surface area contributed by atoms with Crippen molar-refractivity contribution in [2.75, 3.05) is 11.9 Å². The van der Waals surface area contributed by atoms with E-state index in [1.54, 1.807) is 0 Å². The molecule has 18 heavy (non-hydrogen) atoms. The topological polar surface area (TPSA) is 49.3 Å². The van der Waals surface area contributed by atoms with Gasteiger partial charge in [-0.1, -0.05) is 0 Å². The molecule has 0 spiro atoms. The summed E-state index contributed by atoms with van der Waals surface area (Å²) in [4.78, 5) is 10.2. The van der Waals surface area contributed by atoms with Crippen molar-refractivity contribution in [1.29, 1.82) is 0 Å². The fraction of sp³-hybridized carbons (Fsp3) is 0.300. The van der Waals surface area contributed by atoms with E-state index in [-0.39, 0.29) is 19.4 Å². The number of aliphatic carboxylic acids is 1. The van der Waals surface area contributed by atoms with Gasteiger partial charge in [-0.25, -0.2) is 22.0 Å². The van der Waals surface area contributed by atoms with Crippen molar-refractivity contribution in [3.8, 4) is 0 Å². The minimum atomic E-state index is -2.24. The van der Waals surface area contributed by atoms with Crippen molar-refractivity contribution in [2.45, 2.75) is 12.8 Å². The second-order valence-electron chi connectivity index (χ2n) is 3.37. The zero-order valence-corrected chi connectivity index (χ0v) is 8.87. The van der Waals surface area contributed by atoms with Gasteiger partial charge < -0.3 is 10.4 Å². The number of nitrogens with one attached hydrogen (secondary N) is 1. The molecule has 0 aliphatic heterocycles. The second-order valence-corrected chi connectivity index (χ2v) is 3.37. The fourth-order valence-corrected chi connectivity index (χ4v) is 1.21. The lowest BCUT2D eigenvalue weighted by atomic mass is 10.2. The normalized spacial score (nSPS) is 10.5. The summed E-state index contributed by atoms with van der Waals surface area (Å²) in [5.41, 5.74) is -1.16. The minimum Gasteiger partial charge on any atom is -0.481 e. The number of benzene rings is 1. The Morgan fingerprint density at radius 3 is 1.83 bits per heavy atom. The maximum Gasteiger partial charge on any atom is 0.303 e. The SMILES string of the molecule is O=C(O)CCCNc1c(F)c(F)c(F)c(F)c1F. The quantitative estimate of drug-likeness (QED) is 0.374. The average Bonchev–Trinajstić information content (AvgIpc) is 2.32. The van der Waals surface area contributed by atoms with Gasteiger partial charge in [0.2, 0.25) is 5.82 Å². The van der Waals surface area contributed by atoms with Crippen LogP contribution in [-0.4, -0.2) is 17.6 Å². The van der Waals surface area contributed by atoms with E-state index in [2.05, 4.69) is 0 Å². The van der Waals surface area contributed by atoms with E-state index in [4.69, 9.17) is 5.11 Å². The monoisotopic (exact) mass is 269 g/mol. The van der Waals surface area contributed by atoms with Gasteiger partial charge in [0.25, 0.3) is 0 Å². The Morgan fingerprint density at radius 2 is 1.39 bits per heavy atom. The summed E-state index contributed by atoms with van der Waals surface area (Å²) < 4.78 is 64.3. The predicted octanol–water partition coefficient (Wildman–Crippen LogP) is 2.66. The van der Waals surface area contributed by atoms with Crippen molar-refractivity contribution >= 4 is 11.7 Å². The Balaban J connectivity index is 2.86. The highest BCUT2D eigenvalue weighted by molar-refractivity contribution is 5.66. The summed E-state index contributed by atoms with van der Waals surface area (Å²) in [7, 11) is 0. The molecule has 1 aromatic carbocycles. The molecule has 0 aliphatic rings. The highest BCUT2D eigenvalue weighted by Crippen LogP contribution is 2.26.